The van der Waals surface area contributed by atoms with Gasteiger partial charge in [0.05, 0.1) is 5.57 Å². The fourth-order valence-electron chi connectivity index (χ4n) is 5.17. The highest BCUT2D eigenvalue weighted by atomic mass is 16.2. The number of likely N-dealkylation sites (N-methyl/N-ethyl adjacent to an activating group) is 1. The molecule has 3 N–H and O–H groups in total. The number of fused-ring (bicyclic) bond motifs is 1. The molecular formula is C34H31N5O3. The van der Waals surface area contributed by atoms with Gasteiger partial charge in [-0.2, -0.15) is 0 Å². The number of rotatable bonds is 7. The average Bonchev–Trinajstić information content (AvgIpc) is 3.34. The van der Waals surface area contributed by atoms with Crippen LogP contribution in [0.15, 0.2) is 103 Å². The zero-order valence-electron chi connectivity index (χ0n) is 23.3. The quantitative estimate of drug-likeness (QED) is 0.210. The maximum absolute atomic E-state index is 13.3. The molecule has 0 unspecified atom stereocenters. The summed E-state index contributed by atoms with van der Waals surface area (Å²) < 4.78 is 0. The smallest absolute Gasteiger partial charge is 0.257 e. The third kappa shape index (κ3) is 5.80. The highest BCUT2D eigenvalue weighted by molar-refractivity contribution is 6.32. The van der Waals surface area contributed by atoms with Crippen molar-refractivity contribution in [1.29, 1.82) is 0 Å². The summed E-state index contributed by atoms with van der Waals surface area (Å²) in [4.78, 5) is 43.4. The Kier molecular flexibility index (Phi) is 7.53. The third-order valence-corrected chi connectivity index (χ3v) is 7.60. The van der Waals surface area contributed by atoms with Crippen molar-refractivity contribution in [2.24, 2.45) is 0 Å². The van der Waals surface area contributed by atoms with Gasteiger partial charge in [-0.15, -0.1) is 0 Å². The predicted molar refractivity (Wildman–Crippen MR) is 167 cm³/mol. The first-order chi connectivity index (χ1) is 20.4. The van der Waals surface area contributed by atoms with Crippen LogP contribution in [0.2, 0.25) is 0 Å². The SMILES string of the molecule is CN1CCN(c2ccc(NC=C3C(=O)Nc4cc(C(=O)c5cccc(NC(=O)c6ccccc6)c5)ccc43)cc2)CC1. The molecular weight excluding hydrogens is 526 g/mol. The molecule has 2 aliphatic rings. The summed E-state index contributed by atoms with van der Waals surface area (Å²) in [6.45, 7) is 4.11. The summed E-state index contributed by atoms with van der Waals surface area (Å²) in [6, 6.07) is 29.1. The Hall–Kier alpha value is -5.21. The molecule has 0 bridgehead atoms. The van der Waals surface area contributed by atoms with Gasteiger partial charge in [-0.1, -0.05) is 42.5 Å². The molecule has 0 spiro atoms. The van der Waals surface area contributed by atoms with E-state index in [1.807, 2.05) is 18.2 Å². The van der Waals surface area contributed by atoms with Crippen LogP contribution in [0, 0.1) is 0 Å². The lowest BCUT2D eigenvalue weighted by atomic mass is 9.99. The molecule has 42 heavy (non-hydrogen) atoms. The van der Waals surface area contributed by atoms with Crippen LogP contribution in [-0.4, -0.2) is 55.7 Å². The van der Waals surface area contributed by atoms with Gasteiger partial charge in [0, 0.05) is 77.4 Å². The van der Waals surface area contributed by atoms with Crippen LogP contribution < -0.4 is 20.9 Å². The maximum atomic E-state index is 13.3. The molecule has 1 saturated heterocycles. The van der Waals surface area contributed by atoms with Crippen LogP contribution >= 0.6 is 0 Å². The number of anilines is 4. The zero-order chi connectivity index (χ0) is 29.1. The van der Waals surface area contributed by atoms with Crippen molar-refractivity contribution >= 4 is 45.9 Å². The molecule has 8 nitrogen and oxygen atoms in total. The molecule has 4 aromatic rings. The predicted octanol–water partition coefficient (Wildman–Crippen LogP) is 5.33. The number of ketones is 1. The summed E-state index contributed by atoms with van der Waals surface area (Å²) >= 11 is 0. The second kappa shape index (κ2) is 11.7. The van der Waals surface area contributed by atoms with Crippen molar-refractivity contribution in [3.05, 3.63) is 126 Å². The Morgan fingerprint density at radius 3 is 2.24 bits per heavy atom. The van der Waals surface area contributed by atoms with Gasteiger partial charge in [0.1, 0.15) is 0 Å². The van der Waals surface area contributed by atoms with Crippen LogP contribution in [0.4, 0.5) is 22.7 Å². The Balaban J connectivity index is 1.14. The van der Waals surface area contributed by atoms with E-state index in [-0.39, 0.29) is 17.6 Å². The van der Waals surface area contributed by atoms with Crippen molar-refractivity contribution in [3.8, 4) is 0 Å². The van der Waals surface area contributed by atoms with Gasteiger partial charge >= 0.3 is 0 Å². The number of nitrogens with one attached hydrogen (secondary N) is 3. The minimum Gasteiger partial charge on any atom is -0.369 e. The fraction of sp³-hybridized carbons (Fsp3) is 0.147. The lowest BCUT2D eigenvalue weighted by Crippen LogP contribution is -2.44. The number of carbonyl (C=O) groups is 3. The number of benzene rings is 4. The lowest BCUT2D eigenvalue weighted by Gasteiger charge is -2.34. The molecule has 1 fully saturated rings. The number of hydrogen-bond donors (Lipinski definition) is 3. The Labute approximate surface area is 244 Å². The van der Waals surface area contributed by atoms with E-state index in [1.54, 1.807) is 72.9 Å². The topological polar surface area (TPSA) is 93.8 Å². The summed E-state index contributed by atoms with van der Waals surface area (Å²) in [5.74, 6) is -0.694. The molecule has 4 aromatic carbocycles. The van der Waals surface area contributed by atoms with Gasteiger partial charge in [0.25, 0.3) is 11.8 Å². The fourth-order valence-corrected chi connectivity index (χ4v) is 5.17. The molecule has 0 atom stereocenters. The zero-order valence-corrected chi connectivity index (χ0v) is 23.3. The molecule has 2 heterocycles. The number of nitrogens with zero attached hydrogens (tertiary/aromatic N) is 2. The Bertz CT molecular complexity index is 1670. The number of amides is 2. The van der Waals surface area contributed by atoms with Crippen molar-refractivity contribution in [1.82, 2.24) is 4.90 Å². The summed E-state index contributed by atoms with van der Waals surface area (Å²) in [7, 11) is 2.14. The Morgan fingerprint density at radius 2 is 1.48 bits per heavy atom. The minimum absolute atomic E-state index is 0.209. The second-order valence-electron chi connectivity index (χ2n) is 10.5. The second-order valence-corrected chi connectivity index (χ2v) is 10.5. The van der Waals surface area contributed by atoms with Gasteiger partial charge in [-0.25, -0.2) is 0 Å². The van der Waals surface area contributed by atoms with Gasteiger partial charge in [-0.05, 0) is 61.6 Å². The van der Waals surface area contributed by atoms with E-state index in [1.165, 1.54) is 5.69 Å². The maximum Gasteiger partial charge on any atom is 0.257 e. The summed E-state index contributed by atoms with van der Waals surface area (Å²) in [6.07, 6.45) is 1.70. The van der Waals surface area contributed by atoms with Crippen LogP contribution in [0.3, 0.4) is 0 Å². The van der Waals surface area contributed by atoms with E-state index < -0.39 is 0 Å². The lowest BCUT2D eigenvalue weighted by molar-refractivity contribution is -0.110. The van der Waals surface area contributed by atoms with Gasteiger partial charge in [-0.3, -0.25) is 14.4 Å². The van der Waals surface area contributed by atoms with Crippen molar-refractivity contribution in [3.63, 3.8) is 0 Å². The molecule has 0 radical (unpaired) electrons. The van der Waals surface area contributed by atoms with Crippen LogP contribution in [0.1, 0.15) is 31.8 Å². The van der Waals surface area contributed by atoms with Gasteiger partial charge in [0.15, 0.2) is 5.78 Å². The average molecular weight is 558 g/mol. The summed E-state index contributed by atoms with van der Waals surface area (Å²) in [5, 5.41) is 8.96. The molecule has 0 aromatic heterocycles. The van der Waals surface area contributed by atoms with Crippen molar-refractivity contribution < 1.29 is 14.4 Å². The van der Waals surface area contributed by atoms with E-state index in [0.29, 0.717) is 33.6 Å². The minimum atomic E-state index is -0.251. The van der Waals surface area contributed by atoms with Gasteiger partial charge < -0.3 is 25.8 Å². The first kappa shape index (κ1) is 27.0. The van der Waals surface area contributed by atoms with Gasteiger partial charge in [0.2, 0.25) is 0 Å². The molecule has 0 saturated carbocycles. The van der Waals surface area contributed by atoms with Crippen LogP contribution in [-0.2, 0) is 4.79 Å². The molecule has 8 heteroatoms. The van der Waals surface area contributed by atoms with E-state index in [4.69, 9.17) is 0 Å². The summed E-state index contributed by atoms with van der Waals surface area (Å²) in [5.41, 5.74) is 5.80. The molecule has 6 rings (SSSR count). The number of hydrogen-bond acceptors (Lipinski definition) is 6. The first-order valence-electron chi connectivity index (χ1n) is 13.9. The monoisotopic (exact) mass is 557 g/mol. The number of carbonyl (C=O) groups excluding carboxylic acids is 3. The van der Waals surface area contributed by atoms with E-state index in [2.05, 4.69) is 44.9 Å². The van der Waals surface area contributed by atoms with E-state index in [9.17, 15) is 14.4 Å². The standard InChI is InChI=1S/C34H31N5O3/c1-38-16-18-39(19-17-38)28-13-11-26(12-14-28)35-22-30-29-15-10-25(21-31(29)37-34(30)42)32(40)24-8-5-9-27(20-24)36-33(41)23-6-3-2-4-7-23/h2-15,20-22,35H,16-19H2,1H3,(H,36,41)(H,37,42). The largest absolute Gasteiger partial charge is 0.369 e. The molecule has 210 valence electrons. The molecule has 2 aliphatic heterocycles. The molecule has 0 aliphatic carbocycles. The van der Waals surface area contributed by atoms with Crippen molar-refractivity contribution in [2.75, 3.05) is 54.1 Å². The third-order valence-electron chi connectivity index (χ3n) is 7.60. The highest BCUT2D eigenvalue weighted by Crippen LogP contribution is 2.33. The molecule has 2 amide bonds. The van der Waals surface area contributed by atoms with Crippen LogP contribution in [0.5, 0.6) is 0 Å². The number of piperazine rings is 1. The highest BCUT2D eigenvalue weighted by Gasteiger charge is 2.25. The normalized spacial score (nSPS) is 15.7. The van der Waals surface area contributed by atoms with E-state index in [0.717, 1.165) is 37.4 Å². The van der Waals surface area contributed by atoms with E-state index >= 15 is 0 Å². The first-order valence-corrected chi connectivity index (χ1v) is 13.9. The van der Waals surface area contributed by atoms with Crippen LogP contribution in [0.25, 0.3) is 5.57 Å². The van der Waals surface area contributed by atoms with Crippen molar-refractivity contribution in [2.45, 2.75) is 0 Å². The Morgan fingerprint density at radius 1 is 0.762 bits per heavy atom.